The number of pyridine rings is 1. The fourth-order valence-electron chi connectivity index (χ4n) is 2.20. The maximum atomic E-state index is 4.53. The highest BCUT2D eigenvalue weighted by molar-refractivity contribution is 9.10. The largest absolute Gasteiger partial charge is 0.340 e. The Kier molecular flexibility index (Phi) is 5.11. The summed E-state index contributed by atoms with van der Waals surface area (Å²) in [6.45, 7) is 1.14. The van der Waals surface area contributed by atoms with Crippen LogP contribution in [0, 0.1) is 0 Å². The Morgan fingerprint density at radius 2 is 1.84 bits per heavy atom. The van der Waals surface area contributed by atoms with E-state index in [9.17, 15) is 0 Å². The summed E-state index contributed by atoms with van der Waals surface area (Å²) in [5.74, 6) is 0.379. The number of quaternary nitrogens is 1. The standard InChI is InChI=1S/C16H19BrN2/c1-19(2)12-10-15(16-5-3-4-11-18-16)13-6-8-14(17)9-7-13/h3-9,11,15H,10,12H2,1-2H3/p+1/t15-/m1/s1. The van der Waals surface area contributed by atoms with Crippen molar-refractivity contribution in [2.45, 2.75) is 12.3 Å². The number of nitrogens with one attached hydrogen (secondary N) is 1. The summed E-state index contributed by atoms with van der Waals surface area (Å²) in [6, 6.07) is 14.7. The van der Waals surface area contributed by atoms with Crippen LogP contribution in [0.3, 0.4) is 0 Å². The summed E-state index contributed by atoms with van der Waals surface area (Å²) in [6.07, 6.45) is 2.99. The molecule has 0 aliphatic heterocycles. The smallest absolute Gasteiger partial charge is 0.0776 e. The summed E-state index contributed by atoms with van der Waals surface area (Å²) >= 11 is 3.49. The lowest BCUT2D eigenvalue weighted by atomic mass is 9.92. The average Bonchev–Trinajstić information content (AvgIpc) is 2.42. The second-order valence-electron chi connectivity index (χ2n) is 5.10. The van der Waals surface area contributed by atoms with Gasteiger partial charge in [0.1, 0.15) is 0 Å². The summed E-state index contributed by atoms with van der Waals surface area (Å²) in [4.78, 5) is 6.01. The first kappa shape index (κ1) is 14.2. The summed E-state index contributed by atoms with van der Waals surface area (Å²) in [5, 5.41) is 0. The third-order valence-electron chi connectivity index (χ3n) is 3.25. The molecule has 0 amide bonds. The van der Waals surface area contributed by atoms with E-state index in [0.29, 0.717) is 5.92 Å². The third-order valence-corrected chi connectivity index (χ3v) is 3.78. The molecule has 2 nitrogen and oxygen atoms in total. The zero-order valence-corrected chi connectivity index (χ0v) is 13.0. The van der Waals surface area contributed by atoms with Crippen LogP contribution in [0.1, 0.15) is 23.6 Å². The molecule has 0 unspecified atom stereocenters. The Bertz CT molecular complexity index is 494. The lowest BCUT2D eigenvalue weighted by Crippen LogP contribution is -3.05. The van der Waals surface area contributed by atoms with Gasteiger partial charge >= 0.3 is 0 Å². The maximum Gasteiger partial charge on any atom is 0.0776 e. The van der Waals surface area contributed by atoms with Crippen molar-refractivity contribution in [3.05, 3.63) is 64.4 Å². The van der Waals surface area contributed by atoms with Crippen LogP contribution in [0.25, 0.3) is 0 Å². The number of aromatic nitrogens is 1. The van der Waals surface area contributed by atoms with Crippen molar-refractivity contribution in [3.8, 4) is 0 Å². The molecule has 1 N–H and O–H groups in total. The maximum absolute atomic E-state index is 4.53. The van der Waals surface area contributed by atoms with Gasteiger partial charge in [-0.05, 0) is 29.8 Å². The number of hydrogen-bond donors (Lipinski definition) is 1. The van der Waals surface area contributed by atoms with Gasteiger partial charge in [-0.3, -0.25) is 4.98 Å². The van der Waals surface area contributed by atoms with E-state index in [2.05, 4.69) is 71.4 Å². The van der Waals surface area contributed by atoms with Gasteiger partial charge in [-0.2, -0.15) is 0 Å². The molecular formula is C16H20BrN2+. The summed E-state index contributed by atoms with van der Waals surface area (Å²) in [5.41, 5.74) is 2.49. The molecule has 0 fully saturated rings. The van der Waals surface area contributed by atoms with E-state index in [4.69, 9.17) is 0 Å². The second-order valence-corrected chi connectivity index (χ2v) is 6.02. The Labute approximate surface area is 123 Å². The number of rotatable bonds is 5. The number of hydrogen-bond acceptors (Lipinski definition) is 1. The zero-order valence-electron chi connectivity index (χ0n) is 11.4. The number of nitrogens with zero attached hydrogens (tertiary/aromatic N) is 1. The van der Waals surface area contributed by atoms with E-state index in [-0.39, 0.29) is 0 Å². The first-order valence-corrected chi connectivity index (χ1v) is 7.41. The Morgan fingerprint density at radius 3 is 2.42 bits per heavy atom. The highest BCUT2D eigenvalue weighted by Crippen LogP contribution is 2.26. The van der Waals surface area contributed by atoms with Crippen molar-refractivity contribution >= 4 is 15.9 Å². The van der Waals surface area contributed by atoms with Gasteiger partial charge in [-0.1, -0.05) is 34.1 Å². The monoisotopic (exact) mass is 319 g/mol. The van der Waals surface area contributed by atoms with Crippen LogP contribution in [0.2, 0.25) is 0 Å². The predicted molar refractivity (Wildman–Crippen MR) is 82.5 cm³/mol. The van der Waals surface area contributed by atoms with Gasteiger partial charge in [-0.15, -0.1) is 0 Å². The van der Waals surface area contributed by atoms with Crippen LogP contribution in [-0.2, 0) is 0 Å². The molecule has 1 heterocycles. The van der Waals surface area contributed by atoms with Crippen molar-refractivity contribution in [2.24, 2.45) is 0 Å². The van der Waals surface area contributed by atoms with Crippen molar-refractivity contribution in [1.82, 2.24) is 4.98 Å². The molecule has 0 saturated carbocycles. The second kappa shape index (κ2) is 6.83. The molecule has 1 atom stereocenters. The number of benzene rings is 1. The fourth-order valence-corrected chi connectivity index (χ4v) is 2.46. The molecule has 0 aliphatic carbocycles. The molecule has 1 aromatic heterocycles. The normalized spacial score (nSPS) is 12.6. The van der Waals surface area contributed by atoms with Gasteiger partial charge in [0.2, 0.25) is 0 Å². The highest BCUT2D eigenvalue weighted by atomic mass is 79.9. The number of halogens is 1. The molecule has 0 spiro atoms. The van der Waals surface area contributed by atoms with E-state index < -0.39 is 0 Å². The molecular weight excluding hydrogens is 300 g/mol. The van der Waals surface area contributed by atoms with Crippen molar-refractivity contribution in [1.29, 1.82) is 0 Å². The molecule has 3 heteroatoms. The molecule has 100 valence electrons. The molecule has 2 aromatic rings. The van der Waals surface area contributed by atoms with Crippen molar-refractivity contribution < 1.29 is 4.90 Å². The summed E-state index contributed by atoms with van der Waals surface area (Å²) < 4.78 is 1.12. The van der Waals surface area contributed by atoms with E-state index in [1.807, 2.05) is 12.3 Å². The average molecular weight is 320 g/mol. The zero-order chi connectivity index (χ0) is 13.7. The van der Waals surface area contributed by atoms with E-state index in [0.717, 1.165) is 23.1 Å². The topological polar surface area (TPSA) is 17.3 Å². The van der Waals surface area contributed by atoms with Crippen LogP contribution in [0.5, 0.6) is 0 Å². The lowest BCUT2D eigenvalue weighted by Gasteiger charge is -2.18. The van der Waals surface area contributed by atoms with Crippen LogP contribution < -0.4 is 4.90 Å². The van der Waals surface area contributed by atoms with E-state index in [1.165, 1.54) is 10.5 Å². The molecule has 0 radical (unpaired) electrons. The molecule has 0 saturated heterocycles. The first-order valence-electron chi connectivity index (χ1n) is 6.62. The predicted octanol–water partition coefficient (Wildman–Crippen LogP) is 2.51. The SMILES string of the molecule is C[NH+](C)CC[C@H](c1ccc(Br)cc1)c1ccccn1. The van der Waals surface area contributed by atoms with E-state index in [1.54, 1.807) is 0 Å². The van der Waals surface area contributed by atoms with Crippen molar-refractivity contribution in [3.63, 3.8) is 0 Å². The Morgan fingerprint density at radius 1 is 1.11 bits per heavy atom. The van der Waals surface area contributed by atoms with Gasteiger partial charge in [0.25, 0.3) is 0 Å². The molecule has 2 rings (SSSR count). The van der Waals surface area contributed by atoms with Crippen LogP contribution in [-0.4, -0.2) is 25.6 Å². The minimum Gasteiger partial charge on any atom is -0.340 e. The van der Waals surface area contributed by atoms with Crippen LogP contribution in [0.4, 0.5) is 0 Å². The molecule has 1 aromatic carbocycles. The third kappa shape index (κ3) is 4.15. The van der Waals surface area contributed by atoms with E-state index >= 15 is 0 Å². The van der Waals surface area contributed by atoms with Gasteiger partial charge in [0.15, 0.2) is 0 Å². The van der Waals surface area contributed by atoms with Crippen LogP contribution >= 0.6 is 15.9 Å². The Balaban J connectivity index is 2.26. The van der Waals surface area contributed by atoms with Gasteiger partial charge < -0.3 is 4.90 Å². The first-order chi connectivity index (χ1) is 9.16. The van der Waals surface area contributed by atoms with Gasteiger partial charge in [-0.25, -0.2) is 0 Å². The quantitative estimate of drug-likeness (QED) is 0.896. The lowest BCUT2D eigenvalue weighted by molar-refractivity contribution is -0.858. The fraction of sp³-hybridized carbons (Fsp3) is 0.312. The molecule has 0 aliphatic rings. The van der Waals surface area contributed by atoms with Gasteiger partial charge in [0, 0.05) is 28.7 Å². The highest BCUT2D eigenvalue weighted by Gasteiger charge is 2.16. The molecule has 19 heavy (non-hydrogen) atoms. The van der Waals surface area contributed by atoms with Crippen molar-refractivity contribution in [2.75, 3.05) is 20.6 Å². The van der Waals surface area contributed by atoms with Gasteiger partial charge in [0.05, 0.1) is 20.6 Å². The molecule has 0 bridgehead atoms. The van der Waals surface area contributed by atoms with Crippen LogP contribution in [0.15, 0.2) is 53.1 Å². The summed E-state index contributed by atoms with van der Waals surface area (Å²) in [7, 11) is 4.38. The minimum atomic E-state index is 0.379. The minimum absolute atomic E-state index is 0.379. The Hall–Kier alpha value is -1.19.